The summed E-state index contributed by atoms with van der Waals surface area (Å²) in [5.74, 6) is 0.840. The maximum absolute atomic E-state index is 12.4. The lowest BCUT2D eigenvalue weighted by molar-refractivity contribution is 0.0693. The van der Waals surface area contributed by atoms with Crippen molar-refractivity contribution in [3.8, 4) is 0 Å². The van der Waals surface area contributed by atoms with Crippen LogP contribution in [0.4, 0.5) is 5.82 Å². The van der Waals surface area contributed by atoms with Gasteiger partial charge in [0.05, 0.1) is 6.10 Å². The lowest BCUT2D eigenvalue weighted by Gasteiger charge is -2.34. The molecule has 1 amide bonds. The molecule has 2 saturated heterocycles. The molecule has 0 radical (unpaired) electrons. The first-order valence-corrected chi connectivity index (χ1v) is 10.4. The number of carbonyl (C=O) groups is 1. The predicted octanol–water partition coefficient (Wildman–Crippen LogP) is 2.34. The third-order valence-corrected chi connectivity index (χ3v) is 5.89. The van der Waals surface area contributed by atoms with Crippen molar-refractivity contribution >= 4 is 11.7 Å². The molecule has 0 saturated carbocycles. The summed E-state index contributed by atoms with van der Waals surface area (Å²) in [7, 11) is 0. The van der Waals surface area contributed by atoms with Gasteiger partial charge in [-0.1, -0.05) is 30.3 Å². The zero-order valence-corrected chi connectivity index (χ0v) is 16.5. The Bertz CT molecular complexity index is 785. The topological polar surface area (TPSA) is 87.6 Å². The van der Waals surface area contributed by atoms with E-state index in [1.165, 1.54) is 0 Å². The monoisotopic (exact) mass is 396 g/mol. The third-order valence-electron chi connectivity index (χ3n) is 5.89. The maximum Gasteiger partial charge on any atom is 0.272 e. The van der Waals surface area contributed by atoms with Crippen LogP contribution in [0.15, 0.2) is 42.5 Å². The highest BCUT2D eigenvalue weighted by atomic mass is 16.5. The Hall–Kier alpha value is -2.51. The molecule has 7 nitrogen and oxygen atoms in total. The molecule has 2 fully saturated rings. The summed E-state index contributed by atoms with van der Waals surface area (Å²) in [6.07, 6.45) is 3.02. The molecular formula is C22H28N4O3. The molecule has 2 aliphatic rings. The SMILES string of the molecule is O=C(NC1CCOCC1)c1ccc(N2CCC([C@H](O)c3ccccc3)CC2)nn1. The van der Waals surface area contributed by atoms with Crippen LogP contribution in [-0.4, -0.2) is 53.6 Å². The van der Waals surface area contributed by atoms with Gasteiger partial charge in [0.1, 0.15) is 0 Å². The molecular weight excluding hydrogens is 368 g/mol. The van der Waals surface area contributed by atoms with Crippen molar-refractivity contribution in [3.05, 3.63) is 53.7 Å². The minimum Gasteiger partial charge on any atom is -0.388 e. The Balaban J connectivity index is 1.30. The average Bonchev–Trinajstić information content (AvgIpc) is 2.80. The zero-order valence-electron chi connectivity index (χ0n) is 16.5. The summed E-state index contributed by atoms with van der Waals surface area (Å²) in [4.78, 5) is 14.5. The summed E-state index contributed by atoms with van der Waals surface area (Å²) in [5.41, 5.74) is 1.32. The van der Waals surface area contributed by atoms with Gasteiger partial charge in [0.15, 0.2) is 11.5 Å². The van der Waals surface area contributed by atoms with E-state index >= 15 is 0 Å². The molecule has 0 spiro atoms. The fourth-order valence-corrected chi connectivity index (χ4v) is 4.08. The number of hydrogen-bond acceptors (Lipinski definition) is 6. The number of amides is 1. The van der Waals surface area contributed by atoms with Gasteiger partial charge in [-0.2, -0.15) is 0 Å². The molecule has 1 atom stereocenters. The Morgan fingerprint density at radius 2 is 1.76 bits per heavy atom. The van der Waals surface area contributed by atoms with Crippen molar-refractivity contribution in [2.45, 2.75) is 37.8 Å². The van der Waals surface area contributed by atoms with E-state index in [-0.39, 0.29) is 17.9 Å². The number of ether oxygens (including phenoxy) is 1. The molecule has 3 heterocycles. The molecule has 29 heavy (non-hydrogen) atoms. The van der Waals surface area contributed by atoms with Crippen molar-refractivity contribution in [1.29, 1.82) is 0 Å². The largest absolute Gasteiger partial charge is 0.388 e. The van der Waals surface area contributed by atoms with Crippen LogP contribution >= 0.6 is 0 Å². The molecule has 1 aromatic heterocycles. The van der Waals surface area contributed by atoms with Crippen LogP contribution in [0.5, 0.6) is 0 Å². The number of aliphatic hydroxyl groups excluding tert-OH is 1. The van der Waals surface area contributed by atoms with E-state index in [1.807, 2.05) is 36.4 Å². The van der Waals surface area contributed by atoms with Gasteiger partial charge in [0.2, 0.25) is 0 Å². The first-order valence-electron chi connectivity index (χ1n) is 10.4. The number of benzene rings is 1. The highest BCUT2D eigenvalue weighted by molar-refractivity contribution is 5.92. The van der Waals surface area contributed by atoms with E-state index < -0.39 is 6.10 Å². The summed E-state index contributed by atoms with van der Waals surface area (Å²) in [6, 6.07) is 13.6. The number of anilines is 1. The first kappa shape index (κ1) is 19.8. The van der Waals surface area contributed by atoms with Gasteiger partial charge in [0, 0.05) is 32.3 Å². The van der Waals surface area contributed by atoms with Crippen LogP contribution in [0.25, 0.3) is 0 Å². The van der Waals surface area contributed by atoms with Crippen molar-refractivity contribution in [3.63, 3.8) is 0 Å². The smallest absolute Gasteiger partial charge is 0.272 e. The Labute approximate surface area is 171 Å². The summed E-state index contributed by atoms with van der Waals surface area (Å²) in [6.45, 7) is 3.00. The number of carbonyl (C=O) groups excluding carboxylic acids is 1. The third kappa shape index (κ3) is 4.92. The van der Waals surface area contributed by atoms with E-state index in [1.54, 1.807) is 6.07 Å². The Kier molecular flexibility index (Phi) is 6.36. The van der Waals surface area contributed by atoms with Crippen molar-refractivity contribution < 1.29 is 14.6 Å². The maximum atomic E-state index is 12.4. The molecule has 1 aromatic carbocycles. The zero-order chi connectivity index (χ0) is 20.1. The van der Waals surface area contributed by atoms with Gasteiger partial charge in [-0.3, -0.25) is 4.79 Å². The van der Waals surface area contributed by atoms with Gasteiger partial charge in [0.25, 0.3) is 5.91 Å². The number of aliphatic hydroxyl groups is 1. The van der Waals surface area contributed by atoms with E-state index in [4.69, 9.17) is 4.74 Å². The van der Waals surface area contributed by atoms with Crippen LogP contribution in [-0.2, 0) is 4.74 Å². The molecule has 2 aliphatic heterocycles. The Morgan fingerprint density at radius 1 is 1.03 bits per heavy atom. The van der Waals surface area contributed by atoms with E-state index in [0.717, 1.165) is 50.2 Å². The number of rotatable bonds is 5. The van der Waals surface area contributed by atoms with Crippen molar-refractivity contribution in [2.75, 3.05) is 31.2 Å². The molecule has 2 aromatic rings. The molecule has 2 N–H and O–H groups in total. The quantitative estimate of drug-likeness (QED) is 0.807. The summed E-state index contributed by atoms with van der Waals surface area (Å²) < 4.78 is 5.32. The van der Waals surface area contributed by atoms with Crippen LogP contribution in [0.1, 0.15) is 47.8 Å². The fraction of sp³-hybridized carbons (Fsp3) is 0.500. The van der Waals surface area contributed by atoms with Crippen LogP contribution < -0.4 is 10.2 Å². The van der Waals surface area contributed by atoms with Gasteiger partial charge in [-0.05, 0) is 49.3 Å². The number of piperidine rings is 1. The van der Waals surface area contributed by atoms with Crippen LogP contribution in [0.2, 0.25) is 0 Å². The second-order valence-corrected chi connectivity index (χ2v) is 7.82. The molecule has 154 valence electrons. The van der Waals surface area contributed by atoms with Crippen molar-refractivity contribution in [1.82, 2.24) is 15.5 Å². The minimum absolute atomic E-state index is 0.146. The standard InChI is InChI=1S/C22H28N4O3/c27-21(16-4-2-1-3-5-16)17-8-12-26(13-9-17)20-7-6-19(24-25-20)22(28)23-18-10-14-29-15-11-18/h1-7,17-18,21,27H,8-15H2,(H,23,28)/t21-/m1/s1. The fourth-order valence-electron chi connectivity index (χ4n) is 4.08. The second kappa shape index (κ2) is 9.33. The molecule has 0 bridgehead atoms. The minimum atomic E-state index is -0.430. The van der Waals surface area contributed by atoms with E-state index in [0.29, 0.717) is 18.9 Å². The second-order valence-electron chi connectivity index (χ2n) is 7.82. The normalized spacial score (nSPS) is 19.7. The molecule has 0 unspecified atom stereocenters. The lowest BCUT2D eigenvalue weighted by atomic mass is 9.87. The lowest BCUT2D eigenvalue weighted by Crippen LogP contribution is -2.39. The molecule has 0 aliphatic carbocycles. The van der Waals surface area contributed by atoms with Crippen molar-refractivity contribution in [2.24, 2.45) is 5.92 Å². The number of nitrogens with zero attached hydrogens (tertiary/aromatic N) is 3. The molecule has 7 heteroatoms. The first-order chi connectivity index (χ1) is 14.2. The van der Waals surface area contributed by atoms with Gasteiger partial charge >= 0.3 is 0 Å². The van der Waals surface area contributed by atoms with E-state index in [2.05, 4.69) is 20.4 Å². The average molecular weight is 396 g/mol. The van der Waals surface area contributed by atoms with E-state index in [9.17, 15) is 9.90 Å². The summed E-state index contributed by atoms with van der Waals surface area (Å²) in [5, 5.41) is 22.0. The summed E-state index contributed by atoms with van der Waals surface area (Å²) >= 11 is 0. The number of aromatic nitrogens is 2. The number of nitrogens with one attached hydrogen (secondary N) is 1. The van der Waals surface area contributed by atoms with Gasteiger partial charge in [-0.15, -0.1) is 10.2 Å². The predicted molar refractivity (Wildman–Crippen MR) is 110 cm³/mol. The molecule has 4 rings (SSSR count). The number of hydrogen-bond donors (Lipinski definition) is 2. The van der Waals surface area contributed by atoms with Gasteiger partial charge in [-0.25, -0.2) is 0 Å². The highest BCUT2D eigenvalue weighted by Crippen LogP contribution is 2.31. The van der Waals surface area contributed by atoms with Crippen LogP contribution in [0, 0.1) is 5.92 Å². The van der Waals surface area contributed by atoms with Gasteiger partial charge < -0.3 is 20.1 Å². The Morgan fingerprint density at radius 3 is 2.41 bits per heavy atom. The van der Waals surface area contributed by atoms with Crippen LogP contribution in [0.3, 0.4) is 0 Å². The highest BCUT2D eigenvalue weighted by Gasteiger charge is 2.27.